The molecule has 0 saturated heterocycles. The van der Waals surface area contributed by atoms with Gasteiger partial charge in [0.05, 0.1) is 14.2 Å². The molecule has 5 nitrogen and oxygen atoms in total. The molecule has 1 amide bonds. The van der Waals surface area contributed by atoms with E-state index in [0.717, 1.165) is 27.6 Å². The van der Waals surface area contributed by atoms with E-state index in [4.69, 9.17) is 9.47 Å². The van der Waals surface area contributed by atoms with Gasteiger partial charge in [-0.05, 0) is 47.0 Å². The number of methoxy groups -OCH3 is 2. The first kappa shape index (κ1) is 18.2. The highest BCUT2D eigenvalue weighted by atomic mass is 16.5. The number of hydrogen-bond acceptors (Lipinski definition) is 4. The number of amides is 1. The normalized spacial score (nSPS) is 16.2. The highest BCUT2D eigenvalue weighted by molar-refractivity contribution is 6.03. The third-order valence-corrected chi connectivity index (χ3v) is 5.49. The van der Waals surface area contributed by atoms with Crippen molar-refractivity contribution < 1.29 is 19.4 Å². The van der Waals surface area contributed by atoms with Crippen molar-refractivity contribution in [1.29, 1.82) is 0 Å². The molecule has 1 unspecified atom stereocenters. The zero-order valence-electron chi connectivity index (χ0n) is 16.2. The number of benzene rings is 3. The van der Waals surface area contributed by atoms with E-state index in [1.807, 2.05) is 30.0 Å². The van der Waals surface area contributed by atoms with Crippen LogP contribution in [-0.4, -0.2) is 31.8 Å². The average Bonchev–Trinajstić information content (AvgIpc) is 2.73. The molecule has 1 atom stereocenters. The number of rotatable bonds is 4. The Kier molecular flexibility index (Phi) is 4.59. The Labute approximate surface area is 164 Å². The third kappa shape index (κ3) is 2.74. The number of ether oxygens (including phenoxy) is 2. The van der Waals surface area contributed by atoms with E-state index in [2.05, 4.69) is 18.2 Å². The molecule has 0 aliphatic carbocycles. The fourth-order valence-corrected chi connectivity index (χ4v) is 4.15. The summed E-state index contributed by atoms with van der Waals surface area (Å²) in [5.74, 6) is 0.563. The Hall–Kier alpha value is -3.21. The Bertz CT molecular complexity index is 1030. The zero-order chi connectivity index (χ0) is 19.8. The molecule has 0 fully saturated rings. The lowest BCUT2D eigenvalue weighted by Gasteiger charge is -2.35. The zero-order valence-corrected chi connectivity index (χ0v) is 16.2. The quantitative estimate of drug-likeness (QED) is 0.730. The van der Waals surface area contributed by atoms with Crippen molar-refractivity contribution >= 4 is 22.4 Å². The smallest absolute Gasteiger partial charge is 0.227 e. The second-order valence-corrected chi connectivity index (χ2v) is 6.89. The van der Waals surface area contributed by atoms with Gasteiger partial charge >= 0.3 is 0 Å². The van der Waals surface area contributed by atoms with Crippen LogP contribution in [0.3, 0.4) is 0 Å². The molecule has 0 radical (unpaired) electrons. The summed E-state index contributed by atoms with van der Waals surface area (Å²) in [4.78, 5) is 14.7. The molecule has 1 N–H and O–H groups in total. The van der Waals surface area contributed by atoms with Crippen molar-refractivity contribution in [2.75, 3.05) is 25.7 Å². The Morgan fingerprint density at radius 1 is 1.07 bits per heavy atom. The number of carbonyl (C=O) groups excluding carboxylic acids is 1. The van der Waals surface area contributed by atoms with Gasteiger partial charge in [-0.1, -0.05) is 30.3 Å². The fraction of sp³-hybridized carbons (Fsp3) is 0.261. The molecule has 28 heavy (non-hydrogen) atoms. The minimum Gasteiger partial charge on any atom is -0.502 e. The molecule has 1 aliphatic heterocycles. The average molecular weight is 377 g/mol. The fourth-order valence-electron chi connectivity index (χ4n) is 4.15. The third-order valence-electron chi connectivity index (χ3n) is 5.49. The predicted octanol–water partition coefficient (Wildman–Crippen LogP) is 4.45. The summed E-state index contributed by atoms with van der Waals surface area (Å²) >= 11 is 0. The van der Waals surface area contributed by atoms with Crippen LogP contribution in [0.4, 0.5) is 5.69 Å². The van der Waals surface area contributed by atoms with Crippen molar-refractivity contribution in [2.45, 2.75) is 19.3 Å². The van der Waals surface area contributed by atoms with Gasteiger partial charge in [-0.15, -0.1) is 0 Å². The van der Waals surface area contributed by atoms with Gasteiger partial charge < -0.3 is 19.5 Å². The van der Waals surface area contributed by atoms with Gasteiger partial charge in [0.15, 0.2) is 11.5 Å². The van der Waals surface area contributed by atoms with Crippen molar-refractivity contribution in [3.05, 3.63) is 59.7 Å². The maximum atomic E-state index is 12.9. The van der Waals surface area contributed by atoms with Gasteiger partial charge in [-0.25, -0.2) is 0 Å². The Morgan fingerprint density at radius 3 is 2.39 bits per heavy atom. The SMILES string of the molecule is CCN1C(=O)CC(c2cc(OC)c(O)c(OC)c2)c2c1ccc1ccccc21. The first-order chi connectivity index (χ1) is 13.6. The number of carbonyl (C=O) groups is 1. The number of phenolic OH excluding ortho intramolecular Hbond substituents is 1. The summed E-state index contributed by atoms with van der Waals surface area (Å²) in [6.45, 7) is 2.61. The van der Waals surface area contributed by atoms with Crippen molar-refractivity contribution in [1.82, 2.24) is 0 Å². The van der Waals surface area contributed by atoms with Gasteiger partial charge in [0.25, 0.3) is 0 Å². The van der Waals surface area contributed by atoms with Gasteiger partial charge in [-0.2, -0.15) is 0 Å². The Balaban J connectivity index is 2.00. The lowest BCUT2D eigenvalue weighted by atomic mass is 9.81. The van der Waals surface area contributed by atoms with E-state index in [9.17, 15) is 9.90 Å². The highest BCUT2D eigenvalue weighted by Crippen LogP contribution is 2.47. The molecule has 5 heteroatoms. The number of fused-ring (bicyclic) bond motifs is 3. The molecular weight excluding hydrogens is 354 g/mol. The van der Waals surface area contributed by atoms with Crippen molar-refractivity contribution in [3.8, 4) is 17.2 Å². The second-order valence-electron chi connectivity index (χ2n) is 6.89. The standard InChI is InChI=1S/C23H23NO4/c1-4-24-18-10-9-14-7-5-6-8-16(14)22(18)17(13-21(24)25)15-11-19(27-2)23(26)20(12-15)28-3/h5-12,17,26H,4,13H2,1-3H3. The molecule has 3 aromatic carbocycles. The van der Waals surface area contributed by atoms with Crippen molar-refractivity contribution in [2.24, 2.45) is 0 Å². The monoisotopic (exact) mass is 377 g/mol. The van der Waals surface area contributed by atoms with Gasteiger partial charge in [0.1, 0.15) is 0 Å². The van der Waals surface area contributed by atoms with Crippen LogP contribution >= 0.6 is 0 Å². The number of aromatic hydroxyl groups is 1. The predicted molar refractivity (Wildman–Crippen MR) is 110 cm³/mol. The summed E-state index contributed by atoms with van der Waals surface area (Å²) in [5, 5.41) is 12.5. The van der Waals surface area contributed by atoms with Crippen LogP contribution in [0.5, 0.6) is 17.2 Å². The summed E-state index contributed by atoms with van der Waals surface area (Å²) in [6.07, 6.45) is 0.353. The van der Waals surface area contributed by atoms with E-state index in [1.165, 1.54) is 14.2 Å². The summed E-state index contributed by atoms with van der Waals surface area (Å²) < 4.78 is 10.7. The second kappa shape index (κ2) is 7.08. The van der Waals surface area contributed by atoms with E-state index in [-0.39, 0.29) is 17.6 Å². The van der Waals surface area contributed by atoms with Crippen LogP contribution in [0, 0.1) is 0 Å². The number of hydrogen-bond donors (Lipinski definition) is 1. The maximum absolute atomic E-state index is 12.9. The maximum Gasteiger partial charge on any atom is 0.227 e. The molecule has 4 rings (SSSR count). The van der Waals surface area contributed by atoms with Gasteiger partial charge in [-0.3, -0.25) is 4.79 Å². The van der Waals surface area contributed by atoms with Crippen LogP contribution in [0.15, 0.2) is 48.5 Å². The molecule has 144 valence electrons. The van der Waals surface area contributed by atoms with E-state index >= 15 is 0 Å². The number of nitrogens with zero attached hydrogens (tertiary/aromatic N) is 1. The first-order valence-corrected chi connectivity index (χ1v) is 9.35. The molecule has 1 heterocycles. The van der Waals surface area contributed by atoms with Gasteiger partial charge in [0.2, 0.25) is 11.7 Å². The molecule has 0 aromatic heterocycles. The first-order valence-electron chi connectivity index (χ1n) is 9.35. The topological polar surface area (TPSA) is 59.0 Å². The minimum absolute atomic E-state index is 0.0378. The lowest BCUT2D eigenvalue weighted by Crippen LogP contribution is -2.36. The number of phenols is 1. The van der Waals surface area contributed by atoms with E-state index < -0.39 is 0 Å². The molecule has 1 aliphatic rings. The van der Waals surface area contributed by atoms with Crippen molar-refractivity contribution in [3.63, 3.8) is 0 Å². The molecular formula is C23H23NO4. The van der Waals surface area contributed by atoms with Gasteiger partial charge in [0, 0.05) is 24.6 Å². The lowest BCUT2D eigenvalue weighted by molar-refractivity contribution is -0.119. The Morgan fingerprint density at radius 2 is 1.75 bits per heavy atom. The van der Waals surface area contributed by atoms with Crippen LogP contribution in [0.25, 0.3) is 10.8 Å². The van der Waals surface area contributed by atoms with E-state index in [1.54, 1.807) is 12.1 Å². The van der Waals surface area contributed by atoms with E-state index in [0.29, 0.717) is 24.5 Å². The summed E-state index contributed by atoms with van der Waals surface area (Å²) in [7, 11) is 3.01. The summed E-state index contributed by atoms with van der Waals surface area (Å²) in [6, 6.07) is 15.9. The van der Waals surface area contributed by atoms with Crippen LogP contribution in [0.2, 0.25) is 0 Å². The molecule has 0 bridgehead atoms. The highest BCUT2D eigenvalue weighted by Gasteiger charge is 2.33. The van der Waals surface area contributed by atoms with Crippen LogP contribution in [-0.2, 0) is 4.79 Å². The number of anilines is 1. The molecule has 3 aromatic rings. The van der Waals surface area contributed by atoms with Crippen LogP contribution < -0.4 is 14.4 Å². The minimum atomic E-state index is -0.153. The van der Waals surface area contributed by atoms with Crippen LogP contribution in [0.1, 0.15) is 30.4 Å². The molecule has 0 spiro atoms. The largest absolute Gasteiger partial charge is 0.502 e. The summed E-state index contributed by atoms with van der Waals surface area (Å²) in [5.41, 5.74) is 2.94. The molecule has 0 saturated carbocycles.